The molecule has 0 aliphatic rings. The van der Waals surface area contributed by atoms with Crippen LogP contribution in [0.5, 0.6) is 0 Å². The molecule has 0 aliphatic heterocycles. The van der Waals surface area contributed by atoms with Crippen LogP contribution in [0.3, 0.4) is 0 Å². The molecule has 0 fully saturated rings. The summed E-state index contributed by atoms with van der Waals surface area (Å²) in [4.78, 5) is 20.9. The van der Waals surface area contributed by atoms with Crippen LogP contribution in [0.15, 0.2) is 90.1 Å². The van der Waals surface area contributed by atoms with Gasteiger partial charge < -0.3 is 5.11 Å². The van der Waals surface area contributed by atoms with Crippen molar-refractivity contribution < 1.29 is 18.3 Å². The first-order valence-corrected chi connectivity index (χ1v) is 15.0. The number of fused-ring (bicyclic) bond motifs is 1. The van der Waals surface area contributed by atoms with Crippen molar-refractivity contribution in [2.24, 2.45) is 0 Å². The maximum atomic E-state index is 12.0. The number of rotatable bonds is 7. The van der Waals surface area contributed by atoms with E-state index < -0.39 is 15.8 Å². The summed E-state index contributed by atoms with van der Waals surface area (Å²) >= 11 is 1.07. The van der Waals surface area contributed by atoms with E-state index in [4.69, 9.17) is 0 Å². The molecule has 0 unspecified atom stereocenters. The van der Waals surface area contributed by atoms with Crippen LogP contribution < -0.4 is 0 Å². The number of aromatic carboxylic acids is 1. The Morgan fingerprint density at radius 3 is 2.41 bits per heavy atom. The zero-order valence-corrected chi connectivity index (χ0v) is 23.3. The molecule has 196 valence electrons. The standard InChI is InChI=1S/C31H26N2O4S2/c1-19(2)24-16-23-8-5-13-32-29(23)26(17-24)22-7-4-6-20(14-22)15-27(30-33-18-28(38-30)31(34)35)21-9-11-25(12-10-21)39(3,36)37/h4-19H,1-3H3,(H,34,35). The smallest absolute Gasteiger partial charge is 0.347 e. The van der Waals surface area contributed by atoms with Gasteiger partial charge in [-0.1, -0.05) is 50.2 Å². The molecule has 0 saturated carbocycles. The summed E-state index contributed by atoms with van der Waals surface area (Å²) in [7, 11) is -3.36. The van der Waals surface area contributed by atoms with Crippen LogP contribution in [0.2, 0.25) is 0 Å². The van der Waals surface area contributed by atoms with Gasteiger partial charge in [-0.2, -0.15) is 0 Å². The first-order chi connectivity index (χ1) is 18.6. The van der Waals surface area contributed by atoms with Gasteiger partial charge in [0.15, 0.2) is 9.84 Å². The molecular weight excluding hydrogens is 528 g/mol. The molecule has 5 aromatic rings. The third-order valence-electron chi connectivity index (χ3n) is 6.44. The molecule has 0 amide bonds. The maximum absolute atomic E-state index is 12.0. The van der Waals surface area contributed by atoms with E-state index in [1.54, 1.807) is 30.5 Å². The van der Waals surface area contributed by atoms with E-state index in [2.05, 4.69) is 54.1 Å². The molecule has 39 heavy (non-hydrogen) atoms. The molecule has 5 rings (SSSR count). The summed E-state index contributed by atoms with van der Waals surface area (Å²) in [5, 5.41) is 11.1. The molecule has 0 spiro atoms. The number of nitrogens with zero attached hydrogens (tertiary/aromatic N) is 2. The number of carboxylic acid groups (broad SMARTS) is 1. The van der Waals surface area contributed by atoms with E-state index >= 15 is 0 Å². The Morgan fingerprint density at radius 1 is 0.974 bits per heavy atom. The zero-order valence-electron chi connectivity index (χ0n) is 21.6. The summed E-state index contributed by atoms with van der Waals surface area (Å²) in [6.45, 7) is 4.34. The molecule has 3 aromatic carbocycles. The van der Waals surface area contributed by atoms with Crippen molar-refractivity contribution >= 4 is 49.7 Å². The van der Waals surface area contributed by atoms with Crippen LogP contribution in [-0.4, -0.2) is 35.7 Å². The van der Waals surface area contributed by atoms with Crippen molar-refractivity contribution in [3.8, 4) is 11.1 Å². The molecule has 0 aliphatic carbocycles. The lowest BCUT2D eigenvalue weighted by atomic mass is 9.93. The van der Waals surface area contributed by atoms with Gasteiger partial charge in [-0.25, -0.2) is 18.2 Å². The predicted molar refractivity (Wildman–Crippen MR) is 157 cm³/mol. The van der Waals surface area contributed by atoms with Gasteiger partial charge in [0, 0.05) is 29.0 Å². The van der Waals surface area contributed by atoms with Crippen LogP contribution in [0.1, 0.15) is 51.1 Å². The second kappa shape index (κ2) is 10.6. The van der Waals surface area contributed by atoms with Crippen molar-refractivity contribution in [1.82, 2.24) is 9.97 Å². The van der Waals surface area contributed by atoms with Gasteiger partial charge in [-0.05, 0) is 70.6 Å². The lowest BCUT2D eigenvalue weighted by molar-refractivity contribution is 0.0702. The van der Waals surface area contributed by atoms with Gasteiger partial charge in [0.1, 0.15) is 9.88 Å². The second-order valence-electron chi connectivity index (χ2n) is 9.61. The third-order valence-corrected chi connectivity index (χ3v) is 8.59. The van der Waals surface area contributed by atoms with Crippen LogP contribution in [0.4, 0.5) is 0 Å². The Labute approximate surface area is 231 Å². The lowest BCUT2D eigenvalue weighted by Crippen LogP contribution is -1.97. The van der Waals surface area contributed by atoms with E-state index in [1.165, 1.54) is 11.8 Å². The molecular formula is C31H26N2O4S2. The monoisotopic (exact) mass is 554 g/mol. The number of hydrogen-bond acceptors (Lipinski definition) is 6. The van der Waals surface area contributed by atoms with Crippen molar-refractivity contribution in [2.45, 2.75) is 24.7 Å². The number of benzene rings is 3. The predicted octanol–water partition coefficient (Wildman–Crippen LogP) is 7.17. The molecule has 6 nitrogen and oxygen atoms in total. The molecule has 8 heteroatoms. The molecule has 2 heterocycles. The van der Waals surface area contributed by atoms with Crippen molar-refractivity contribution in [3.05, 3.63) is 112 Å². The fourth-order valence-electron chi connectivity index (χ4n) is 4.38. The molecule has 0 bridgehead atoms. The first kappa shape index (κ1) is 26.5. The number of sulfone groups is 1. The first-order valence-electron chi connectivity index (χ1n) is 12.3. The highest BCUT2D eigenvalue weighted by molar-refractivity contribution is 7.90. The van der Waals surface area contributed by atoms with Crippen molar-refractivity contribution in [1.29, 1.82) is 0 Å². The molecule has 2 aromatic heterocycles. The highest BCUT2D eigenvalue weighted by atomic mass is 32.2. The van der Waals surface area contributed by atoms with Gasteiger partial charge in [0.2, 0.25) is 0 Å². The Balaban J connectivity index is 1.66. The van der Waals surface area contributed by atoms with Crippen molar-refractivity contribution in [2.75, 3.05) is 6.26 Å². The van der Waals surface area contributed by atoms with Gasteiger partial charge >= 0.3 is 5.97 Å². The normalized spacial score (nSPS) is 12.3. The number of carbonyl (C=O) groups is 1. The zero-order chi connectivity index (χ0) is 27.7. The van der Waals surface area contributed by atoms with Gasteiger partial charge in [-0.15, -0.1) is 11.3 Å². The molecule has 1 N–H and O–H groups in total. The van der Waals surface area contributed by atoms with E-state index in [-0.39, 0.29) is 9.77 Å². The Hall–Kier alpha value is -4.14. The highest BCUT2D eigenvalue weighted by Crippen LogP contribution is 2.34. The third kappa shape index (κ3) is 5.67. The number of carboxylic acids is 1. The Kier molecular flexibility index (Phi) is 7.16. The average Bonchev–Trinajstić information content (AvgIpc) is 3.41. The van der Waals surface area contributed by atoms with Gasteiger partial charge in [0.25, 0.3) is 0 Å². The van der Waals surface area contributed by atoms with E-state index in [0.29, 0.717) is 16.5 Å². The maximum Gasteiger partial charge on any atom is 0.347 e. The van der Waals surface area contributed by atoms with Gasteiger partial charge in [-0.3, -0.25) is 4.98 Å². The lowest BCUT2D eigenvalue weighted by Gasteiger charge is -2.13. The molecule has 0 radical (unpaired) electrons. The number of thiazole rings is 1. The minimum absolute atomic E-state index is 0.125. The van der Waals surface area contributed by atoms with E-state index in [1.807, 2.05) is 24.3 Å². The van der Waals surface area contributed by atoms with E-state index in [0.717, 1.165) is 50.7 Å². The molecule has 0 atom stereocenters. The van der Waals surface area contributed by atoms with Crippen LogP contribution in [0.25, 0.3) is 33.7 Å². The Bertz CT molecular complexity index is 1840. The summed E-state index contributed by atoms with van der Waals surface area (Å²) in [6, 6.07) is 23.0. The van der Waals surface area contributed by atoms with Crippen LogP contribution in [0, 0.1) is 0 Å². The minimum Gasteiger partial charge on any atom is -0.477 e. The van der Waals surface area contributed by atoms with Gasteiger partial charge in [0.05, 0.1) is 16.6 Å². The Morgan fingerprint density at radius 2 is 1.74 bits per heavy atom. The second-order valence-corrected chi connectivity index (χ2v) is 12.7. The number of hydrogen-bond donors (Lipinski definition) is 1. The minimum atomic E-state index is -3.36. The quantitative estimate of drug-likeness (QED) is 0.214. The topological polar surface area (TPSA) is 97.2 Å². The number of aromatic nitrogens is 2. The molecule has 0 saturated heterocycles. The summed E-state index contributed by atoms with van der Waals surface area (Å²) in [5.74, 6) is -0.691. The summed E-state index contributed by atoms with van der Waals surface area (Å²) in [6.07, 6.45) is 6.25. The highest BCUT2D eigenvalue weighted by Gasteiger charge is 2.16. The summed E-state index contributed by atoms with van der Waals surface area (Å²) in [5.41, 5.74) is 6.51. The fourth-order valence-corrected chi connectivity index (χ4v) is 5.80. The average molecular weight is 555 g/mol. The van der Waals surface area contributed by atoms with Crippen LogP contribution >= 0.6 is 11.3 Å². The number of pyridine rings is 1. The van der Waals surface area contributed by atoms with Crippen LogP contribution in [-0.2, 0) is 9.84 Å². The summed E-state index contributed by atoms with van der Waals surface area (Å²) < 4.78 is 24.0. The van der Waals surface area contributed by atoms with E-state index in [9.17, 15) is 18.3 Å². The van der Waals surface area contributed by atoms with Crippen molar-refractivity contribution in [3.63, 3.8) is 0 Å². The largest absolute Gasteiger partial charge is 0.477 e. The SMILES string of the molecule is CC(C)c1cc(-c2cccc(C=C(c3ccc(S(C)(=O)=O)cc3)c3ncc(C(=O)O)s3)c2)c2ncccc2c1. The fraction of sp³-hybridized carbons (Fsp3) is 0.129.